The van der Waals surface area contributed by atoms with Crippen molar-refractivity contribution < 1.29 is 9.18 Å². The molecule has 0 radical (unpaired) electrons. The zero-order valence-electron chi connectivity index (χ0n) is 12.6. The maximum Gasteiger partial charge on any atom is 0.252 e. The Morgan fingerprint density at radius 2 is 2.05 bits per heavy atom. The van der Waals surface area contributed by atoms with Gasteiger partial charge in [-0.15, -0.1) is 0 Å². The van der Waals surface area contributed by atoms with Crippen LogP contribution in [0.5, 0.6) is 0 Å². The second-order valence-electron chi connectivity index (χ2n) is 5.06. The second kappa shape index (κ2) is 8.12. The third-order valence-electron chi connectivity index (χ3n) is 3.18. The van der Waals surface area contributed by atoms with Crippen molar-refractivity contribution in [3.05, 3.63) is 54.1 Å². The highest BCUT2D eigenvalue weighted by Gasteiger charge is 2.06. The van der Waals surface area contributed by atoms with Crippen LogP contribution >= 0.6 is 0 Å². The molecule has 0 spiro atoms. The minimum atomic E-state index is -0.317. The summed E-state index contributed by atoms with van der Waals surface area (Å²) in [6, 6.07) is 7.84. The van der Waals surface area contributed by atoms with E-state index in [1.165, 1.54) is 18.3 Å². The summed E-state index contributed by atoms with van der Waals surface area (Å²) in [7, 11) is 0. The smallest absolute Gasteiger partial charge is 0.252 e. The van der Waals surface area contributed by atoms with Gasteiger partial charge in [-0.3, -0.25) is 9.78 Å². The van der Waals surface area contributed by atoms with Crippen molar-refractivity contribution in [1.29, 1.82) is 0 Å². The van der Waals surface area contributed by atoms with Gasteiger partial charge in [0.15, 0.2) is 0 Å². The second-order valence-corrected chi connectivity index (χ2v) is 5.06. The van der Waals surface area contributed by atoms with Gasteiger partial charge in [-0.05, 0) is 30.7 Å². The third kappa shape index (κ3) is 4.84. The first-order valence-electron chi connectivity index (χ1n) is 7.45. The van der Waals surface area contributed by atoms with Crippen molar-refractivity contribution >= 4 is 17.3 Å². The van der Waals surface area contributed by atoms with Crippen LogP contribution in [0.25, 0.3) is 0 Å². The van der Waals surface area contributed by atoms with E-state index < -0.39 is 0 Å². The molecule has 1 heterocycles. The van der Waals surface area contributed by atoms with Crippen molar-refractivity contribution in [2.75, 3.05) is 11.9 Å². The molecule has 0 fully saturated rings. The SMILES string of the molecule is CCCCCNC(=O)c1cncc(Nc2cccc(F)c2)c1. The van der Waals surface area contributed by atoms with Crippen LogP contribution in [0.4, 0.5) is 15.8 Å². The number of carbonyl (C=O) groups excluding carboxylic acids is 1. The van der Waals surface area contributed by atoms with Crippen LogP contribution < -0.4 is 10.6 Å². The fourth-order valence-electron chi connectivity index (χ4n) is 2.04. The zero-order chi connectivity index (χ0) is 15.8. The Morgan fingerprint density at radius 3 is 2.82 bits per heavy atom. The lowest BCUT2D eigenvalue weighted by atomic mass is 10.2. The van der Waals surface area contributed by atoms with E-state index in [0.29, 0.717) is 23.5 Å². The molecule has 0 atom stereocenters. The summed E-state index contributed by atoms with van der Waals surface area (Å²) >= 11 is 0. The van der Waals surface area contributed by atoms with Crippen LogP contribution in [-0.2, 0) is 0 Å². The highest BCUT2D eigenvalue weighted by Crippen LogP contribution is 2.17. The number of aromatic nitrogens is 1. The summed E-state index contributed by atoms with van der Waals surface area (Å²) in [6.45, 7) is 2.78. The summed E-state index contributed by atoms with van der Waals surface area (Å²) in [5, 5.41) is 5.90. The molecule has 116 valence electrons. The number of carbonyl (C=O) groups is 1. The summed E-state index contributed by atoms with van der Waals surface area (Å²) in [4.78, 5) is 16.1. The lowest BCUT2D eigenvalue weighted by Gasteiger charge is -2.08. The Morgan fingerprint density at radius 1 is 1.18 bits per heavy atom. The van der Waals surface area contributed by atoms with Crippen molar-refractivity contribution in [1.82, 2.24) is 10.3 Å². The molecule has 2 N–H and O–H groups in total. The molecule has 0 aliphatic carbocycles. The van der Waals surface area contributed by atoms with Crippen LogP contribution in [0.3, 0.4) is 0 Å². The quantitative estimate of drug-likeness (QED) is 0.763. The standard InChI is InChI=1S/C17H20FN3O/c1-2-3-4-8-20-17(22)13-9-16(12-19-11-13)21-15-7-5-6-14(18)10-15/h5-7,9-12,21H,2-4,8H2,1H3,(H,20,22). The molecule has 0 saturated carbocycles. The molecular formula is C17H20FN3O. The van der Waals surface area contributed by atoms with Gasteiger partial charge in [0, 0.05) is 18.4 Å². The topological polar surface area (TPSA) is 54.0 Å². The number of hydrogen-bond donors (Lipinski definition) is 2. The van der Waals surface area contributed by atoms with E-state index in [4.69, 9.17) is 0 Å². The van der Waals surface area contributed by atoms with Gasteiger partial charge in [0.05, 0.1) is 17.4 Å². The number of halogens is 1. The molecule has 4 nitrogen and oxygen atoms in total. The number of hydrogen-bond acceptors (Lipinski definition) is 3. The first-order chi connectivity index (χ1) is 10.7. The minimum Gasteiger partial charge on any atom is -0.354 e. The summed E-state index contributed by atoms with van der Waals surface area (Å²) < 4.78 is 13.2. The van der Waals surface area contributed by atoms with E-state index in [2.05, 4.69) is 22.5 Å². The molecule has 1 amide bonds. The van der Waals surface area contributed by atoms with Gasteiger partial charge in [0.25, 0.3) is 5.91 Å². The van der Waals surface area contributed by atoms with Crippen LogP contribution in [0.15, 0.2) is 42.7 Å². The molecule has 22 heavy (non-hydrogen) atoms. The summed E-state index contributed by atoms with van der Waals surface area (Å²) in [5.74, 6) is -0.464. The van der Waals surface area contributed by atoms with Gasteiger partial charge in [-0.2, -0.15) is 0 Å². The number of anilines is 2. The average Bonchev–Trinajstić information content (AvgIpc) is 2.52. The molecule has 2 aromatic rings. The first kappa shape index (κ1) is 15.9. The van der Waals surface area contributed by atoms with Crippen molar-refractivity contribution in [3.63, 3.8) is 0 Å². The highest BCUT2D eigenvalue weighted by atomic mass is 19.1. The number of nitrogens with one attached hydrogen (secondary N) is 2. The summed E-state index contributed by atoms with van der Waals surface area (Å²) in [5.41, 5.74) is 1.74. The number of benzene rings is 1. The number of unbranched alkanes of at least 4 members (excludes halogenated alkanes) is 2. The van der Waals surface area contributed by atoms with E-state index in [1.807, 2.05) is 0 Å². The van der Waals surface area contributed by atoms with E-state index in [0.717, 1.165) is 19.3 Å². The van der Waals surface area contributed by atoms with Crippen molar-refractivity contribution in [2.24, 2.45) is 0 Å². The molecule has 5 heteroatoms. The Hall–Kier alpha value is -2.43. The first-order valence-corrected chi connectivity index (χ1v) is 7.45. The van der Waals surface area contributed by atoms with E-state index in [9.17, 15) is 9.18 Å². The normalized spacial score (nSPS) is 10.3. The lowest BCUT2D eigenvalue weighted by Crippen LogP contribution is -2.24. The highest BCUT2D eigenvalue weighted by molar-refractivity contribution is 5.94. The maximum absolute atomic E-state index is 13.2. The minimum absolute atomic E-state index is 0.147. The van der Waals surface area contributed by atoms with Crippen LogP contribution in [0.2, 0.25) is 0 Å². The fraction of sp³-hybridized carbons (Fsp3) is 0.294. The maximum atomic E-state index is 13.2. The zero-order valence-corrected chi connectivity index (χ0v) is 12.6. The van der Waals surface area contributed by atoms with Gasteiger partial charge in [-0.1, -0.05) is 25.8 Å². The molecular weight excluding hydrogens is 281 g/mol. The molecule has 1 aromatic heterocycles. The van der Waals surface area contributed by atoms with E-state index >= 15 is 0 Å². The van der Waals surface area contributed by atoms with Crippen LogP contribution in [0, 0.1) is 5.82 Å². The van der Waals surface area contributed by atoms with E-state index in [-0.39, 0.29) is 11.7 Å². The molecule has 0 unspecified atom stereocenters. The molecule has 0 bridgehead atoms. The van der Waals surface area contributed by atoms with Crippen molar-refractivity contribution in [2.45, 2.75) is 26.2 Å². The predicted octanol–water partition coefficient (Wildman–Crippen LogP) is 3.88. The van der Waals surface area contributed by atoms with Gasteiger partial charge in [0.1, 0.15) is 5.82 Å². The Bertz CT molecular complexity index is 631. The van der Waals surface area contributed by atoms with Gasteiger partial charge in [-0.25, -0.2) is 4.39 Å². The van der Waals surface area contributed by atoms with Crippen LogP contribution in [0.1, 0.15) is 36.5 Å². The lowest BCUT2D eigenvalue weighted by molar-refractivity contribution is 0.0952. The van der Waals surface area contributed by atoms with Gasteiger partial charge >= 0.3 is 0 Å². The molecule has 0 saturated heterocycles. The monoisotopic (exact) mass is 301 g/mol. The molecule has 0 aliphatic heterocycles. The third-order valence-corrected chi connectivity index (χ3v) is 3.18. The number of amides is 1. The molecule has 2 rings (SSSR count). The van der Waals surface area contributed by atoms with E-state index in [1.54, 1.807) is 24.4 Å². The fourth-order valence-corrected chi connectivity index (χ4v) is 2.04. The number of pyridine rings is 1. The van der Waals surface area contributed by atoms with Gasteiger partial charge in [0.2, 0.25) is 0 Å². The van der Waals surface area contributed by atoms with Crippen LogP contribution in [-0.4, -0.2) is 17.4 Å². The Balaban J connectivity index is 1.98. The Labute approximate surface area is 129 Å². The number of nitrogens with zero attached hydrogens (tertiary/aromatic N) is 1. The molecule has 0 aliphatic rings. The Kier molecular flexibility index (Phi) is 5.89. The number of rotatable bonds is 7. The predicted molar refractivity (Wildman–Crippen MR) is 85.8 cm³/mol. The van der Waals surface area contributed by atoms with Gasteiger partial charge < -0.3 is 10.6 Å². The largest absolute Gasteiger partial charge is 0.354 e. The summed E-state index contributed by atoms with van der Waals surface area (Å²) in [6.07, 6.45) is 6.30. The molecule has 1 aromatic carbocycles. The average molecular weight is 301 g/mol. The van der Waals surface area contributed by atoms with Crippen molar-refractivity contribution in [3.8, 4) is 0 Å².